The van der Waals surface area contributed by atoms with Crippen LogP contribution in [-0.2, 0) is 24.9 Å². The van der Waals surface area contributed by atoms with E-state index < -0.39 is 5.41 Å². The van der Waals surface area contributed by atoms with E-state index in [1.807, 2.05) is 45.3 Å². The second-order valence-electron chi connectivity index (χ2n) is 12.7. The highest BCUT2D eigenvalue weighted by atomic mass is 16.5. The number of rotatable bonds is 8. The quantitative estimate of drug-likeness (QED) is 0.221. The lowest BCUT2D eigenvalue weighted by molar-refractivity contribution is -0.124. The lowest BCUT2D eigenvalue weighted by atomic mass is 9.69. The van der Waals surface area contributed by atoms with Gasteiger partial charge >= 0.3 is 0 Å². The Kier molecular flexibility index (Phi) is 8.38. The summed E-state index contributed by atoms with van der Waals surface area (Å²) in [4.78, 5) is 25.1. The Labute approximate surface area is 264 Å². The molecule has 1 aliphatic heterocycles. The summed E-state index contributed by atoms with van der Waals surface area (Å²) in [6, 6.07) is 16.5. The van der Waals surface area contributed by atoms with E-state index in [0.717, 1.165) is 65.1 Å². The number of benzene rings is 2. The van der Waals surface area contributed by atoms with E-state index in [1.54, 1.807) is 23.3 Å². The number of aryl methyl sites for hydroxylation is 3. The Morgan fingerprint density at radius 3 is 2.69 bits per heavy atom. The van der Waals surface area contributed by atoms with Crippen molar-refractivity contribution < 1.29 is 9.53 Å². The van der Waals surface area contributed by atoms with Crippen LogP contribution in [0.25, 0.3) is 11.0 Å². The maximum absolute atomic E-state index is 14.1. The van der Waals surface area contributed by atoms with Gasteiger partial charge < -0.3 is 10.1 Å². The highest BCUT2D eigenvalue weighted by Crippen LogP contribution is 2.44. The summed E-state index contributed by atoms with van der Waals surface area (Å²) in [5.41, 5.74) is 8.32. The summed E-state index contributed by atoms with van der Waals surface area (Å²) in [7, 11) is 1.90. The van der Waals surface area contributed by atoms with Gasteiger partial charge in [-0.25, -0.2) is 4.68 Å². The molecular formula is C36H41N7O2. The van der Waals surface area contributed by atoms with Gasteiger partial charge in [-0.3, -0.25) is 19.7 Å². The predicted molar refractivity (Wildman–Crippen MR) is 176 cm³/mol. The van der Waals surface area contributed by atoms with Crippen LogP contribution in [0.2, 0.25) is 0 Å². The molecule has 1 aliphatic rings. The number of carbonyl (C=O) groups excluding carboxylic acids is 1. The van der Waals surface area contributed by atoms with Crippen molar-refractivity contribution >= 4 is 22.6 Å². The minimum absolute atomic E-state index is 0.0826. The molecule has 2 atom stereocenters. The molecule has 9 heteroatoms. The number of anilines is 1. The second kappa shape index (κ2) is 12.4. The van der Waals surface area contributed by atoms with Gasteiger partial charge in [0.2, 0.25) is 5.91 Å². The van der Waals surface area contributed by atoms with E-state index in [-0.39, 0.29) is 17.9 Å². The summed E-state index contributed by atoms with van der Waals surface area (Å²) in [6.45, 7) is 12.8. The first-order chi connectivity index (χ1) is 21.7. The molecule has 2 aromatic carbocycles. The topological polar surface area (TPSA) is 98.1 Å². The monoisotopic (exact) mass is 603 g/mol. The molecule has 0 saturated carbocycles. The number of pyridine rings is 2. The Bertz CT molecular complexity index is 1830. The van der Waals surface area contributed by atoms with Gasteiger partial charge in [-0.1, -0.05) is 50.3 Å². The fourth-order valence-electron chi connectivity index (χ4n) is 6.48. The minimum atomic E-state index is -0.836. The molecule has 1 amide bonds. The number of amides is 1. The van der Waals surface area contributed by atoms with Crippen molar-refractivity contribution in [3.8, 4) is 5.75 Å². The number of hydrogen-bond donors (Lipinski definition) is 1. The molecule has 0 saturated heterocycles. The predicted octanol–water partition coefficient (Wildman–Crippen LogP) is 6.35. The Hall–Kier alpha value is -4.63. The average molecular weight is 604 g/mol. The zero-order chi connectivity index (χ0) is 31.7. The summed E-state index contributed by atoms with van der Waals surface area (Å²) >= 11 is 0. The second-order valence-corrected chi connectivity index (χ2v) is 12.7. The molecule has 0 bridgehead atoms. The fraction of sp³-hybridized carbons (Fsp3) is 0.361. The summed E-state index contributed by atoms with van der Waals surface area (Å²) < 4.78 is 8.14. The van der Waals surface area contributed by atoms with E-state index in [4.69, 9.17) is 4.74 Å². The molecule has 0 aliphatic carbocycles. The minimum Gasteiger partial charge on any atom is -0.489 e. The van der Waals surface area contributed by atoms with Crippen molar-refractivity contribution in [2.45, 2.75) is 66.2 Å². The van der Waals surface area contributed by atoms with E-state index >= 15 is 0 Å². The van der Waals surface area contributed by atoms with Crippen LogP contribution in [-0.4, -0.2) is 48.4 Å². The largest absolute Gasteiger partial charge is 0.489 e. The normalized spacial score (nSPS) is 16.1. The van der Waals surface area contributed by atoms with Crippen molar-refractivity contribution in [3.63, 3.8) is 0 Å². The molecule has 1 N–H and O–H groups in total. The molecule has 0 radical (unpaired) electrons. The van der Waals surface area contributed by atoms with Gasteiger partial charge in [-0.2, -0.15) is 0 Å². The highest BCUT2D eigenvalue weighted by Gasteiger charge is 2.40. The Morgan fingerprint density at radius 2 is 1.91 bits per heavy atom. The number of carbonyl (C=O) groups is 1. The van der Waals surface area contributed by atoms with Crippen molar-refractivity contribution in [2.75, 3.05) is 11.9 Å². The van der Waals surface area contributed by atoms with Gasteiger partial charge in [0, 0.05) is 56.8 Å². The first-order valence-corrected chi connectivity index (χ1v) is 15.6. The Balaban J connectivity index is 1.41. The smallest absolute Gasteiger partial charge is 0.231 e. The standard InChI is InChI=1S/C36H41N7O2/c1-7-29-22-43(21-27-18-38-16-14-32(27)45-29)20-26-17-25(11-10-23(26)2)33(30-12-13-31-34(24(30)3)40-41-42(31)6)36(4,5)35(44)39-28-9-8-15-37-19-28/h8-19,29,33H,7,20-22H2,1-6H3,(H,39,44)/t29-,33?/m1/s1. The number of hydrogen-bond acceptors (Lipinski definition) is 7. The maximum Gasteiger partial charge on any atom is 0.231 e. The highest BCUT2D eigenvalue weighted by molar-refractivity contribution is 5.96. The van der Waals surface area contributed by atoms with Crippen LogP contribution >= 0.6 is 0 Å². The SMILES string of the molecule is CC[C@@H]1CN(Cc2cc(C(c3ccc4c(nnn4C)c3C)C(C)(C)C(=O)Nc3cccnc3)ccc2C)Cc2cnccc2O1. The first kappa shape index (κ1) is 30.4. The molecule has 4 heterocycles. The number of nitrogens with zero attached hydrogens (tertiary/aromatic N) is 6. The van der Waals surface area contributed by atoms with Gasteiger partial charge in [0.1, 0.15) is 17.4 Å². The van der Waals surface area contributed by atoms with Crippen molar-refractivity contribution in [1.29, 1.82) is 0 Å². The molecule has 0 spiro atoms. The lowest BCUT2D eigenvalue weighted by Gasteiger charge is -2.35. The van der Waals surface area contributed by atoms with Gasteiger partial charge in [-0.05, 0) is 72.4 Å². The summed E-state index contributed by atoms with van der Waals surface area (Å²) in [6.07, 6.45) is 8.10. The summed E-state index contributed by atoms with van der Waals surface area (Å²) in [5.74, 6) is 0.572. The molecule has 232 valence electrons. The van der Waals surface area contributed by atoms with Crippen molar-refractivity contribution in [1.82, 2.24) is 29.9 Å². The molecule has 3 aromatic heterocycles. The molecule has 9 nitrogen and oxygen atoms in total. The van der Waals surface area contributed by atoms with Gasteiger partial charge in [0.15, 0.2) is 0 Å². The average Bonchev–Trinajstić information content (AvgIpc) is 3.31. The number of ether oxygens (including phenoxy) is 1. The third-order valence-electron chi connectivity index (χ3n) is 9.18. The molecule has 5 aromatic rings. The zero-order valence-corrected chi connectivity index (χ0v) is 26.9. The first-order valence-electron chi connectivity index (χ1n) is 15.6. The molecule has 6 rings (SSSR count). The number of fused-ring (bicyclic) bond motifs is 2. The van der Waals surface area contributed by atoms with E-state index in [0.29, 0.717) is 5.69 Å². The van der Waals surface area contributed by atoms with Gasteiger partial charge in [0.05, 0.1) is 22.8 Å². The van der Waals surface area contributed by atoms with Gasteiger partial charge in [-0.15, -0.1) is 5.10 Å². The van der Waals surface area contributed by atoms with Crippen LogP contribution in [0.15, 0.2) is 73.3 Å². The Morgan fingerprint density at radius 1 is 1.09 bits per heavy atom. The van der Waals surface area contributed by atoms with Crippen LogP contribution in [0.1, 0.15) is 66.5 Å². The number of aromatic nitrogens is 5. The van der Waals surface area contributed by atoms with E-state index in [2.05, 4.69) is 81.6 Å². The maximum atomic E-state index is 14.1. The van der Waals surface area contributed by atoms with Crippen molar-refractivity contribution in [2.24, 2.45) is 12.5 Å². The summed E-state index contributed by atoms with van der Waals surface area (Å²) in [5, 5.41) is 11.9. The molecule has 0 fully saturated rings. The van der Waals surface area contributed by atoms with Crippen LogP contribution in [0.5, 0.6) is 5.75 Å². The van der Waals surface area contributed by atoms with E-state index in [1.165, 1.54) is 11.1 Å². The van der Waals surface area contributed by atoms with Gasteiger partial charge in [0.25, 0.3) is 0 Å². The molecular weight excluding hydrogens is 562 g/mol. The molecule has 45 heavy (non-hydrogen) atoms. The van der Waals surface area contributed by atoms with E-state index in [9.17, 15) is 4.79 Å². The van der Waals surface area contributed by atoms with Crippen LogP contribution in [0.4, 0.5) is 5.69 Å². The van der Waals surface area contributed by atoms with Crippen molar-refractivity contribution in [3.05, 3.63) is 107 Å². The fourth-order valence-corrected chi connectivity index (χ4v) is 6.48. The lowest BCUT2D eigenvalue weighted by Crippen LogP contribution is -2.37. The van der Waals surface area contributed by atoms with Crippen LogP contribution < -0.4 is 10.1 Å². The van der Waals surface area contributed by atoms with Crippen LogP contribution in [0, 0.1) is 19.3 Å². The zero-order valence-electron chi connectivity index (χ0n) is 26.9. The third-order valence-corrected chi connectivity index (χ3v) is 9.18. The molecule has 1 unspecified atom stereocenters. The third kappa shape index (κ3) is 6.04. The van der Waals surface area contributed by atoms with Crippen LogP contribution in [0.3, 0.4) is 0 Å². The number of nitrogens with one attached hydrogen (secondary N) is 1.